The van der Waals surface area contributed by atoms with Crippen molar-refractivity contribution in [1.29, 1.82) is 0 Å². The van der Waals surface area contributed by atoms with E-state index >= 15 is 0 Å². The highest BCUT2D eigenvalue weighted by Crippen LogP contribution is 2.15. The zero-order valence-electron chi connectivity index (χ0n) is 10.1. The lowest BCUT2D eigenvalue weighted by Crippen LogP contribution is -2.16. The van der Waals surface area contributed by atoms with Crippen LogP contribution in [-0.2, 0) is 0 Å². The SMILES string of the molecule is C[Si](C)(C)C#CCCOc1nc(Cl)cc(Cl)n1. The minimum absolute atomic E-state index is 0.192. The maximum Gasteiger partial charge on any atom is 0.319 e. The summed E-state index contributed by atoms with van der Waals surface area (Å²) in [5.41, 5.74) is 3.25. The number of hydrogen-bond donors (Lipinski definition) is 0. The van der Waals surface area contributed by atoms with Gasteiger partial charge in [0.2, 0.25) is 0 Å². The number of nitrogens with zero attached hydrogens (tertiary/aromatic N) is 2. The van der Waals surface area contributed by atoms with Crippen LogP contribution in [0.25, 0.3) is 0 Å². The van der Waals surface area contributed by atoms with E-state index < -0.39 is 8.07 Å². The summed E-state index contributed by atoms with van der Waals surface area (Å²) in [4.78, 5) is 7.78. The molecule has 0 saturated heterocycles. The van der Waals surface area contributed by atoms with Gasteiger partial charge in [-0.15, -0.1) is 11.5 Å². The summed E-state index contributed by atoms with van der Waals surface area (Å²) in [6, 6.07) is 1.65. The van der Waals surface area contributed by atoms with Crippen LogP contribution < -0.4 is 4.74 Å². The lowest BCUT2D eigenvalue weighted by molar-refractivity contribution is 0.301. The highest BCUT2D eigenvalue weighted by Gasteiger charge is 2.07. The van der Waals surface area contributed by atoms with Crippen molar-refractivity contribution in [3.63, 3.8) is 0 Å². The molecular formula is C11H14Cl2N2OSi. The van der Waals surface area contributed by atoms with Gasteiger partial charge in [0.25, 0.3) is 0 Å². The minimum atomic E-state index is -1.29. The normalized spacial score (nSPS) is 10.6. The minimum Gasteiger partial charge on any atom is -0.462 e. The van der Waals surface area contributed by atoms with Gasteiger partial charge in [0, 0.05) is 12.5 Å². The molecular weight excluding hydrogens is 275 g/mol. The predicted molar refractivity (Wildman–Crippen MR) is 73.3 cm³/mol. The van der Waals surface area contributed by atoms with Crippen LogP contribution in [0, 0.1) is 11.5 Å². The molecule has 3 nitrogen and oxygen atoms in total. The number of hydrogen-bond acceptors (Lipinski definition) is 3. The molecule has 0 unspecified atom stereocenters. The standard InChI is InChI=1S/C11H14Cl2N2OSi/c1-17(2,3)7-5-4-6-16-11-14-9(12)8-10(13)15-11/h8H,4,6H2,1-3H3. The fourth-order valence-corrected chi connectivity index (χ4v) is 2.02. The van der Waals surface area contributed by atoms with Gasteiger partial charge in [0.1, 0.15) is 25.0 Å². The van der Waals surface area contributed by atoms with E-state index in [0.717, 1.165) is 0 Å². The highest BCUT2D eigenvalue weighted by atomic mass is 35.5. The first-order valence-electron chi connectivity index (χ1n) is 5.20. The lowest BCUT2D eigenvalue weighted by atomic mass is 10.5. The van der Waals surface area contributed by atoms with E-state index in [1.54, 1.807) is 0 Å². The summed E-state index contributed by atoms with van der Waals surface area (Å²) in [5, 5.41) is 0.543. The Bertz CT molecular complexity index is 429. The molecule has 0 N–H and O–H groups in total. The van der Waals surface area contributed by atoms with Gasteiger partial charge in [-0.2, -0.15) is 9.97 Å². The summed E-state index contributed by atoms with van der Waals surface area (Å²) in [6.07, 6.45) is 0.651. The van der Waals surface area contributed by atoms with Crippen molar-refractivity contribution in [2.75, 3.05) is 6.61 Å². The van der Waals surface area contributed by atoms with Crippen LogP contribution in [-0.4, -0.2) is 24.6 Å². The molecule has 0 saturated carbocycles. The van der Waals surface area contributed by atoms with Gasteiger partial charge in [-0.25, -0.2) is 0 Å². The first-order chi connectivity index (χ1) is 7.87. The summed E-state index contributed by atoms with van der Waals surface area (Å²) >= 11 is 11.4. The molecule has 0 bridgehead atoms. The third-order valence-electron chi connectivity index (χ3n) is 1.56. The molecule has 17 heavy (non-hydrogen) atoms. The predicted octanol–water partition coefficient (Wildman–Crippen LogP) is 3.43. The van der Waals surface area contributed by atoms with Crippen LogP contribution in [0.15, 0.2) is 6.07 Å². The topological polar surface area (TPSA) is 35.0 Å². The molecule has 1 aromatic rings. The monoisotopic (exact) mass is 288 g/mol. The first-order valence-corrected chi connectivity index (χ1v) is 9.45. The zero-order valence-corrected chi connectivity index (χ0v) is 12.6. The molecule has 1 rings (SSSR count). The van der Waals surface area contributed by atoms with Crippen LogP contribution in [0.3, 0.4) is 0 Å². The molecule has 0 amide bonds. The Kier molecular flexibility index (Phi) is 5.25. The molecule has 1 aromatic heterocycles. The number of ether oxygens (including phenoxy) is 1. The van der Waals surface area contributed by atoms with Crippen molar-refractivity contribution in [2.24, 2.45) is 0 Å². The Hall–Kier alpha value is -0.763. The first kappa shape index (κ1) is 14.3. The molecule has 0 aliphatic rings. The average molecular weight is 289 g/mol. The summed E-state index contributed by atoms with van der Waals surface area (Å²) < 4.78 is 5.30. The van der Waals surface area contributed by atoms with Crippen molar-refractivity contribution in [1.82, 2.24) is 9.97 Å². The molecule has 0 spiro atoms. The Morgan fingerprint density at radius 2 is 1.82 bits per heavy atom. The van der Waals surface area contributed by atoms with Crippen molar-refractivity contribution in [3.05, 3.63) is 16.4 Å². The maximum absolute atomic E-state index is 5.71. The van der Waals surface area contributed by atoms with E-state index in [0.29, 0.717) is 13.0 Å². The van der Waals surface area contributed by atoms with Crippen molar-refractivity contribution < 1.29 is 4.74 Å². The van der Waals surface area contributed by atoms with Gasteiger partial charge < -0.3 is 4.74 Å². The van der Waals surface area contributed by atoms with Gasteiger partial charge in [-0.05, 0) is 0 Å². The van der Waals surface area contributed by atoms with Crippen LogP contribution in [0.5, 0.6) is 6.01 Å². The van der Waals surface area contributed by atoms with E-state index in [4.69, 9.17) is 27.9 Å². The fraction of sp³-hybridized carbons (Fsp3) is 0.455. The molecule has 6 heteroatoms. The molecule has 0 radical (unpaired) electrons. The highest BCUT2D eigenvalue weighted by molar-refractivity contribution is 6.83. The fourth-order valence-electron chi connectivity index (χ4n) is 0.956. The number of aromatic nitrogens is 2. The van der Waals surface area contributed by atoms with Crippen LogP contribution in [0.4, 0.5) is 0 Å². The maximum atomic E-state index is 5.71. The third-order valence-corrected chi connectivity index (χ3v) is 2.88. The smallest absolute Gasteiger partial charge is 0.319 e. The van der Waals surface area contributed by atoms with Crippen LogP contribution >= 0.6 is 23.2 Å². The largest absolute Gasteiger partial charge is 0.462 e. The van der Waals surface area contributed by atoms with E-state index in [-0.39, 0.29) is 16.3 Å². The molecule has 0 aliphatic carbocycles. The van der Waals surface area contributed by atoms with Crippen molar-refractivity contribution in [2.45, 2.75) is 26.1 Å². The molecule has 0 aromatic carbocycles. The van der Waals surface area contributed by atoms with E-state index in [1.165, 1.54) is 6.07 Å². The second-order valence-corrected chi connectivity index (χ2v) is 9.97. The molecule has 92 valence electrons. The molecule has 0 aliphatic heterocycles. The second kappa shape index (κ2) is 6.25. The molecule has 0 atom stereocenters. The van der Waals surface area contributed by atoms with Crippen molar-refractivity contribution in [3.8, 4) is 17.5 Å². The van der Waals surface area contributed by atoms with Crippen molar-refractivity contribution >= 4 is 31.3 Å². The van der Waals surface area contributed by atoms with E-state index in [9.17, 15) is 0 Å². The Morgan fingerprint density at radius 1 is 1.24 bits per heavy atom. The van der Waals surface area contributed by atoms with Crippen LogP contribution in [0.2, 0.25) is 29.9 Å². The van der Waals surface area contributed by atoms with Gasteiger partial charge in [-0.1, -0.05) is 42.8 Å². The van der Waals surface area contributed by atoms with Crippen LogP contribution in [0.1, 0.15) is 6.42 Å². The summed E-state index contributed by atoms with van der Waals surface area (Å²) in [6.45, 7) is 7.02. The van der Waals surface area contributed by atoms with Gasteiger partial charge in [0.15, 0.2) is 0 Å². The summed E-state index contributed by atoms with van der Waals surface area (Å²) in [5.74, 6) is 3.09. The molecule has 0 fully saturated rings. The molecule has 1 heterocycles. The van der Waals surface area contributed by atoms with E-state index in [1.807, 2.05) is 0 Å². The summed E-state index contributed by atoms with van der Waals surface area (Å²) in [7, 11) is -1.29. The lowest BCUT2D eigenvalue weighted by Gasteiger charge is -2.04. The third kappa shape index (κ3) is 6.52. The quantitative estimate of drug-likeness (QED) is 0.370. The van der Waals surface area contributed by atoms with E-state index in [2.05, 4.69) is 41.1 Å². The second-order valence-electron chi connectivity index (χ2n) is 4.45. The Labute approximate surface area is 113 Å². The Morgan fingerprint density at radius 3 is 2.35 bits per heavy atom. The van der Waals surface area contributed by atoms with Gasteiger partial charge in [0.05, 0.1) is 0 Å². The number of halogens is 2. The number of rotatable bonds is 3. The van der Waals surface area contributed by atoms with Gasteiger partial charge in [-0.3, -0.25) is 0 Å². The zero-order chi connectivity index (χ0) is 12.9. The van der Waals surface area contributed by atoms with Gasteiger partial charge >= 0.3 is 6.01 Å². The average Bonchev–Trinajstić information content (AvgIpc) is 2.13. The Balaban J connectivity index is 2.43.